The zero-order valence-electron chi connectivity index (χ0n) is 41.2. The van der Waals surface area contributed by atoms with Crippen LogP contribution in [-0.2, 0) is 80.3 Å². The second kappa shape index (κ2) is 24.4. The summed E-state index contributed by atoms with van der Waals surface area (Å²) in [6, 6.07) is 12.2. The van der Waals surface area contributed by atoms with Crippen LogP contribution in [0.3, 0.4) is 0 Å². The minimum Gasteiger partial charge on any atom is -0.455 e. The van der Waals surface area contributed by atoms with E-state index in [1.54, 1.807) is 24.3 Å². The Labute approximate surface area is 441 Å². The average molecular weight is 1130 g/mol. The Morgan fingerprint density at radius 2 is 1.59 bits per heavy atom. The molecule has 2 amide bonds. The number of carbonyl (C=O) groups is 3. The van der Waals surface area contributed by atoms with Gasteiger partial charge in [-0.25, -0.2) is 42.9 Å². The van der Waals surface area contributed by atoms with E-state index in [-0.39, 0.29) is 67.7 Å². The number of piperidine rings is 1. The Kier molecular flexibility index (Phi) is 17.7. The van der Waals surface area contributed by atoms with E-state index in [9.17, 15) is 52.5 Å². The molecule has 4 fully saturated rings. The Hall–Kier alpha value is -6.21. The first-order chi connectivity index (χ1) is 37.3. The van der Waals surface area contributed by atoms with Crippen molar-refractivity contribution in [3.63, 3.8) is 0 Å². The molecule has 11 atom stereocenters. The Morgan fingerprint density at radius 1 is 0.859 bits per heavy atom. The smallest absolute Gasteiger partial charge is 0.455 e. The molecule has 0 aliphatic carbocycles. The molecular weight excluding hydrogens is 1080 g/mol. The lowest BCUT2D eigenvalue weighted by atomic mass is 10.0. The molecule has 29 nitrogen and oxygen atoms in total. The summed E-state index contributed by atoms with van der Waals surface area (Å²) in [5.74, 6) is -1.78. The Balaban J connectivity index is 0.907. The van der Waals surface area contributed by atoms with Crippen LogP contribution in [0.5, 0.6) is 0 Å². The lowest BCUT2D eigenvalue weighted by Crippen LogP contribution is -2.51. The molecule has 0 bridgehead atoms. The van der Waals surface area contributed by atoms with Crippen molar-refractivity contribution in [3.05, 3.63) is 107 Å². The zero-order valence-corrected chi connectivity index (χ0v) is 42.9. The first-order valence-corrected chi connectivity index (χ1v) is 27.5. The number of nitrogens with zero attached hydrogens (tertiary/aromatic N) is 7. The van der Waals surface area contributed by atoms with E-state index in [0.717, 1.165) is 10.9 Å². The fraction of sp³-hybridized carbons (Fsp3) is 0.478. The molecule has 3 aromatic heterocycles. The number of imidazole rings is 1. The number of likely N-dealkylation sites (tertiary alicyclic amines) is 1. The topological polar surface area (TPSA) is 395 Å². The van der Waals surface area contributed by atoms with Gasteiger partial charge in [-0.15, -0.1) is 0 Å². The monoisotopic (exact) mass is 1130 g/mol. The number of nitrogens with one attached hydrogen (secondary N) is 1. The SMILES string of the molecule is NCc1ccn([C@@H]2O[C@H](COP(=O)(O)O)[C@@H](OP(=O)(O)OC[C@H]3O[C@@H](n4cnc5c(N)ncnc54)[C@H](O)[C@@H]3OC(=O)[C@@H]3CCCCN3C(=O)OCc3ccc(NC(=O)Cc4ccc(F)cc4)cc3)[C@H]2OC2CCCO2)c(=O)n1. The number of hydrogen-bond acceptors (Lipinski definition) is 22. The predicted octanol–water partition coefficient (Wildman–Crippen LogP) is 1.84. The van der Waals surface area contributed by atoms with E-state index < -0.39 is 114 Å². The molecule has 78 heavy (non-hydrogen) atoms. The van der Waals surface area contributed by atoms with Gasteiger partial charge in [-0.2, -0.15) is 4.98 Å². The molecule has 4 aliphatic rings. The largest absolute Gasteiger partial charge is 0.472 e. The number of benzene rings is 2. The first-order valence-electron chi connectivity index (χ1n) is 24.4. The van der Waals surface area contributed by atoms with Crippen LogP contribution in [0.1, 0.15) is 61.4 Å². The van der Waals surface area contributed by atoms with Crippen molar-refractivity contribution in [1.29, 1.82) is 0 Å². The van der Waals surface area contributed by atoms with Crippen LogP contribution in [0.15, 0.2) is 78.2 Å². The highest BCUT2D eigenvalue weighted by molar-refractivity contribution is 7.47. The lowest BCUT2D eigenvalue weighted by Gasteiger charge is -2.34. The Bertz CT molecular complexity index is 3090. The van der Waals surface area contributed by atoms with Gasteiger partial charge in [-0.05, 0) is 67.1 Å². The van der Waals surface area contributed by atoms with Gasteiger partial charge < -0.3 is 65.0 Å². The number of aliphatic hydroxyl groups is 1. The predicted molar refractivity (Wildman–Crippen MR) is 262 cm³/mol. The summed E-state index contributed by atoms with van der Waals surface area (Å²) in [5.41, 5.74) is 12.8. The maximum absolute atomic E-state index is 14.3. The van der Waals surface area contributed by atoms with E-state index in [4.69, 9.17) is 53.5 Å². The first kappa shape index (κ1) is 56.5. The van der Waals surface area contributed by atoms with Gasteiger partial charge in [0.15, 0.2) is 36.3 Å². The zero-order chi connectivity index (χ0) is 55.3. The van der Waals surface area contributed by atoms with Crippen LogP contribution >= 0.6 is 15.6 Å². The highest BCUT2D eigenvalue weighted by Gasteiger charge is 2.54. The van der Waals surface area contributed by atoms with Crippen molar-refractivity contribution in [2.75, 3.05) is 37.4 Å². The molecule has 2 aromatic carbocycles. The van der Waals surface area contributed by atoms with Crippen LogP contribution in [0.4, 0.5) is 20.7 Å². The number of rotatable bonds is 20. The van der Waals surface area contributed by atoms with E-state index >= 15 is 0 Å². The van der Waals surface area contributed by atoms with Crippen molar-refractivity contribution in [3.8, 4) is 0 Å². The van der Waals surface area contributed by atoms with E-state index in [1.807, 2.05) is 0 Å². The minimum absolute atomic E-state index is 0.0136. The summed E-state index contributed by atoms with van der Waals surface area (Å²) < 4.78 is 93.0. The maximum Gasteiger partial charge on any atom is 0.472 e. The van der Waals surface area contributed by atoms with Gasteiger partial charge in [0.05, 0.1) is 31.7 Å². The Morgan fingerprint density at radius 3 is 2.31 bits per heavy atom. The number of hydrogen-bond donors (Lipinski definition) is 7. The number of phosphoric ester groups is 2. The number of esters is 1. The van der Waals surface area contributed by atoms with Gasteiger partial charge in [-0.1, -0.05) is 24.3 Å². The molecular formula is C46H55FN10O19P2. The number of phosphoric acid groups is 2. The molecule has 0 saturated carbocycles. The molecule has 7 heterocycles. The summed E-state index contributed by atoms with van der Waals surface area (Å²) in [6.07, 6.45) is -9.28. The highest BCUT2D eigenvalue weighted by Crippen LogP contribution is 2.51. The highest BCUT2D eigenvalue weighted by atomic mass is 31.2. The van der Waals surface area contributed by atoms with Gasteiger partial charge in [0, 0.05) is 38.0 Å². The van der Waals surface area contributed by atoms with Gasteiger partial charge in [0.25, 0.3) is 0 Å². The van der Waals surface area contributed by atoms with Gasteiger partial charge in [0.1, 0.15) is 60.8 Å². The van der Waals surface area contributed by atoms with E-state index in [1.165, 1.54) is 52.3 Å². The third-order valence-electron chi connectivity index (χ3n) is 13.0. The second-order valence-electron chi connectivity index (χ2n) is 18.4. The lowest BCUT2D eigenvalue weighted by molar-refractivity contribution is -0.181. The number of aliphatic hydroxyl groups excluding tert-OH is 1. The molecule has 5 aromatic rings. The van der Waals surface area contributed by atoms with Crippen molar-refractivity contribution in [2.45, 2.75) is 113 Å². The summed E-state index contributed by atoms with van der Waals surface area (Å²) in [4.78, 5) is 102. The molecule has 32 heteroatoms. The number of halogens is 1. The summed E-state index contributed by atoms with van der Waals surface area (Å²) >= 11 is 0. The van der Waals surface area contributed by atoms with Crippen LogP contribution in [0.25, 0.3) is 11.2 Å². The number of nitrogens with two attached hydrogens (primary N) is 2. The van der Waals surface area contributed by atoms with Gasteiger partial charge >= 0.3 is 33.4 Å². The second-order valence-corrected chi connectivity index (χ2v) is 21.0. The third kappa shape index (κ3) is 13.6. The average Bonchev–Trinajstić information content (AvgIpc) is 4.23. The number of aromatic nitrogens is 6. The molecule has 0 spiro atoms. The number of carbonyl (C=O) groups excluding carboxylic acids is 3. The van der Waals surface area contributed by atoms with E-state index in [0.29, 0.717) is 42.5 Å². The normalized spacial score (nSPS) is 26.2. The van der Waals surface area contributed by atoms with E-state index in [2.05, 4.69) is 25.3 Å². The van der Waals surface area contributed by atoms with Crippen molar-refractivity contribution in [2.24, 2.45) is 5.73 Å². The quantitative estimate of drug-likeness (QED) is 0.0432. The summed E-state index contributed by atoms with van der Waals surface area (Å²) in [7, 11) is -10.7. The maximum atomic E-state index is 14.3. The fourth-order valence-electron chi connectivity index (χ4n) is 9.24. The molecule has 4 saturated heterocycles. The van der Waals surface area contributed by atoms with Crippen molar-refractivity contribution in [1.82, 2.24) is 34.0 Å². The molecule has 9 rings (SSSR count). The van der Waals surface area contributed by atoms with Crippen molar-refractivity contribution >= 4 is 56.3 Å². The molecule has 9 N–H and O–H groups in total. The standard InChI is InChI=1S/C46H55FN10O19P2/c47-27-10-6-25(7-11-27)18-33(58)53-28-12-8-26(9-13-28)20-69-46(62)55-15-2-1-4-30(55)44(60)75-37-31(72-42(36(37)59)57-24-52-35-40(49)50-23-51-41(35)57)22-71-78(66,67)76-38-32(21-70-77(63,64)65)73-43(39(38)74-34-5-3-17-68-34)56-16-14-29(19-48)54-45(56)61/h6-14,16,23-24,30-32,34,36-39,42-43,59H,1-5,15,17-22,48H2,(H,53,58)(H,66,67)(H2,49,50,51)(H2,63,64,65)/t30-,31+,32+,34?,36+,37+,38+,39+,42+,43+/m0/s1. The molecule has 4 aliphatic heterocycles. The van der Waals surface area contributed by atoms with Gasteiger partial charge in [0.2, 0.25) is 5.91 Å². The van der Waals surface area contributed by atoms with Crippen LogP contribution in [0.2, 0.25) is 0 Å². The molecule has 420 valence electrons. The number of amides is 2. The summed E-state index contributed by atoms with van der Waals surface area (Å²) in [5, 5.41) is 14.7. The summed E-state index contributed by atoms with van der Waals surface area (Å²) in [6.45, 7) is -1.90. The van der Waals surface area contributed by atoms with Crippen LogP contribution in [0, 0.1) is 5.82 Å². The number of ether oxygens (including phenoxy) is 6. The molecule has 0 radical (unpaired) electrons. The van der Waals surface area contributed by atoms with Gasteiger partial charge in [-0.3, -0.25) is 32.4 Å². The number of fused-ring (bicyclic) bond motifs is 1. The fourth-order valence-corrected chi connectivity index (χ4v) is 10.5. The van der Waals surface area contributed by atoms with Crippen molar-refractivity contribution < 1.29 is 89.7 Å². The minimum atomic E-state index is -5.46. The number of anilines is 2. The number of nitrogen functional groups attached to an aromatic ring is 1. The molecule has 2 unspecified atom stereocenters. The van der Waals surface area contributed by atoms with Crippen LogP contribution in [-0.4, -0.2) is 147 Å². The van der Waals surface area contributed by atoms with Crippen LogP contribution < -0.4 is 22.5 Å². The third-order valence-corrected chi connectivity index (χ3v) is 14.5.